The normalized spacial score (nSPS) is 11.0. The minimum Gasteiger partial charge on any atom is -0.302 e. The molecule has 6 aromatic carbocycles. The molecule has 0 atom stereocenters. The Bertz CT molecular complexity index is 2360. The Morgan fingerprint density at radius 3 is 1.09 bits per heavy atom. The molecule has 0 saturated heterocycles. The van der Waals surface area contributed by atoms with Gasteiger partial charge in [-0.1, -0.05) is 109 Å². The first-order chi connectivity index (χ1) is 26.3. The second-order valence-electron chi connectivity index (χ2n) is 12.7. The fraction of sp³-hybridized carbons (Fsp3) is 0. The van der Waals surface area contributed by atoms with E-state index in [-0.39, 0.29) is 0 Å². The summed E-state index contributed by atoms with van der Waals surface area (Å²) < 4.78 is 0. The topological polar surface area (TPSA) is 6.48 Å². The van der Waals surface area contributed by atoms with Crippen LogP contribution in [-0.2, 0) is 0 Å². The standard InChI is InChI=1S/C48H34N2S3/c1-3-11-35(12-4-1)39-15-7-17-43(33-39)49(47-19-9-31-51-47)41-25-21-37(22-26-41)45-29-30-46(53-45)38-23-27-42(28-24-38)50(48-20-10-32-52-48)44-18-8-16-40(34-44)36-13-5-2-6-14-36/h1-34H. The predicted octanol–water partition coefficient (Wildman–Crippen LogP) is 15.5. The molecule has 3 heterocycles. The van der Waals surface area contributed by atoms with Gasteiger partial charge in [-0.05, 0) is 129 Å². The minimum absolute atomic E-state index is 1.14. The van der Waals surface area contributed by atoms with Gasteiger partial charge >= 0.3 is 0 Å². The highest BCUT2D eigenvalue weighted by Crippen LogP contribution is 2.43. The van der Waals surface area contributed by atoms with Gasteiger partial charge in [-0.25, -0.2) is 0 Å². The number of hydrogen-bond donors (Lipinski definition) is 0. The van der Waals surface area contributed by atoms with Gasteiger partial charge < -0.3 is 9.80 Å². The molecule has 0 N–H and O–H groups in total. The van der Waals surface area contributed by atoms with Crippen molar-refractivity contribution in [1.29, 1.82) is 0 Å². The maximum absolute atomic E-state index is 2.35. The summed E-state index contributed by atoms with van der Waals surface area (Å²) >= 11 is 5.33. The molecule has 0 bridgehead atoms. The number of anilines is 6. The lowest BCUT2D eigenvalue weighted by atomic mass is 10.0. The molecule has 0 radical (unpaired) electrons. The highest BCUT2D eigenvalue weighted by Gasteiger charge is 2.17. The van der Waals surface area contributed by atoms with Crippen LogP contribution in [0.15, 0.2) is 205 Å². The summed E-state index contributed by atoms with van der Waals surface area (Å²) in [5.41, 5.74) is 11.8. The first-order valence-corrected chi connectivity index (χ1v) is 20.1. The van der Waals surface area contributed by atoms with Crippen molar-refractivity contribution in [3.05, 3.63) is 205 Å². The lowest BCUT2D eigenvalue weighted by Crippen LogP contribution is -2.08. The highest BCUT2D eigenvalue weighted by atomic mass is 32.1. The molecule has 0 unspecified atom stereocenters. The lowest BCUT2D eigenvalue weighted by molar-refractivity contribution is 1.32. The third kappa shape index (κ3) is 6.98. The fourth-order valence-electron chi connectivity index (χ4n) is 6.71. The van der Waals surface area contributed by atoms with Crippen LogP contribution in [0.4, 0.5) is 32.8 Å². The van der Waals surface area contributed by atoms with Crippen molar-refractivity contribution < 1.29 is 0 Å². The first-order valence-electron chi connectivity index (χ1n) is 17.6. The van der Waals surface area contributed by atoms with E-state index in [0.29, 0.717) is 0 Å². The second-order valence-corrected chi connectivity index (χ2v) is 15.6. The number of benzene rings is 6. The molecule has 0 aliphatic carbocycles. The summed E-state index contributed by atoms with van der Waals surface area (Å²) in [5.74, 6) is 0. The van der Waals surface area contributed by atoms with E-state index in [0.717, 1.165) is 22.7 Å². The quantitative estimate of drug-likeness (QED) is 0.138. The molecule has 3 aromatic heterocycles. The van der Waals surface area contributed by atoms with Gasteiger partial charge in [-0.3, -0.25) is 0 Å². The van der Waals surface area contributed by atoms with Gasteiger partial charge in [0.15, 0.2) is 0 Å². The number of nitrogens with zero attached hydrogens (tertiary/aromatic N) is 2. The lowest BCUT2D eigenvalue weighted by Gasteiger charge is -2.24. The third-order valence-electron chi connectivity index (χ3n) is 9.30. The van der Waals surface area contributed by atoms with Gasteiger partial charge in [0.05, 0.1) is 10.0 Å². The van der Waals surface area contributed by atoms with E-state index in [1.807, 2.05) is 11.3 Å². The van der Waals surface area contributed by atoms with Crippen LogP contribution in [0, 0.1) is 0 Å². The minimum atomic E-state index is 1.14. The summed E-state index contributed by atoms with van der Waals surface area (Å²) in [7, 11) is 0. The van der Waals surface area contributed by atoms with E-state index in [1.165, 1.54) is 53.1 Å². The molecule has 0 saturated carbocycles. The van der Waals surface area contributed by atoms with Crippen LogP contribution in [0.25, 0.3) is 43.1 Å². The molecule has 0 aliphatic rings. The molecule has 0 amide bonds. The predicted molar refractivity (Wildman–Crippen MR) is 231 cm³/mol. The third-order valence-corrected chi connectivity index (χ3v) is 12.2. The molecule has 9 rings (SSSR count). The maximum Gasteiger partial charge on any atom is 0.0999 e. The van der Waals surface area contributed by atoms with Crippen molar-refractivity contribution in [3.63, 3.8) is 0 Å². The van der Waals surface area contributed by atoms with Gasteiger partial charge in [-0.15, -0.1) is 34.0 Å². The summed E-state index contributed by atoms with van der Waals surface area (Å²) in [5, 5.41) is 6.65. The summed E-state index contributed by atoms with van der Waals surface area (Å²) in [6, 6.07) is 69.8. The Morgan fingerprint density at radius 2 is 0.698 bits per heavy atom. The molecular formula is C48H34N2S3. The van der Waals surface area contributed by atoms with Crippen LogP contribution in [0.2, 0.25) is 0 Å². The smallest absolute Gasteiger partial charge is 0.0999 e. The van der Waals surface area contributed by atoms with Crippen LogP contribution < -0.4 is 9.80 Å². The van der Waals surface area contributed by atoms with Gasteiger partial charge in [-0.2, -0.15) is 0 Å². The fourth-order valence-corrected chi connectivity index (χ4v) is 9.27. The Labute approximate surface area is 322 Å². The van der Waals surface area contributed by atoms with Crippen LogP contribution in [0.3, 0.4) is 0 Å². The molecule has 53 heavy (non-hydrogen) atoms. The zero-order valence-electron chi connectivity index (χ0n) is 28.7. The van der Waals surface area contributed by atoms with E-state index >= 15 is 0 Å². The number of thiophene rings is 3. The Kier molecular flexibility index (Phi) is 9.27. The summed E-state index contributed by atoms with van der Waals surface area (Å²) in [4.78, 5) is 7.20. The average molecular weight is 735 g/mol. The zero-order valence-corrected chi connectivity index (χ0v) is 31.2. The van der Waals surface area contributed by atoms with Crippen LogP contribution in [0.1, 0.15) is 0 Å². The van der Waals surface area contributed by atoms with Crippen molar-refractivity contribution in [2.24, 2.45) is 0 Å². The molecule has 9 aromatic rings. The SMILES string of the molecule is c1ccc(-c2cccc(N(c3ccc(-c4ccc(-c5ccc(N(c6cccc(-c7ccccc7)c6)c6cccs6)cc5)s4)cc3)c3cccs3)c2)cc1. The maximum atomic E-state index is 2.35. The average Bonchev–Trinajstić information content (AvgIpc) is 4.05. The van der Waals surface area contributed by atoms with Crippen molar-refractivity contribution in [2.75, 3.05) is 9.80 Å². The van der Waals surface area contributed by atoms with E-state index in [9.17, 15) is 0 Å². The van der Waals surface area contributed by atoms with Crippen LogP contribution >= 0.6 is 34.0 Å². The Balaban J connectivity index is 0.975. The monoisotopic (exact) mass is 734 g/mol. The number of hydrogen-bond acceptors (Lipinski definition) is 5. The Hall–Kier alpha value is -5.98. The van der Waals surface area contributed by atoms with Gasteiger partial charge in [0, 0.05) is 32.5 Å². The molecule has 254 valence electrons. The summed E-state index contributed by atoms with van der Waals surface area (Å²) in [6.45, 7) is 0. The molecular weight excluding hydrogens is 701 g/mol. The van der Waals surface area contributed by atoms with E-state index in [4.69, 9.17) is 0 Å². The van der Waals surface area contributed by atoms with Crippen molar-refractivity contribution >= 4 is 66.8 Å². The number of rotatable bonds is 10. The molecule has 0 aliphatic heterocycles. The molecule has 0 spiro atoms. The van der Waals surface area contributed by atoms with Crippen LogP contribution in [0.5, 0.6) is 0 Å². The van der Waals surface area contributed by atoms with Crippen molar-refractivity contribution in [3.8, 4) is 43.1 Å². The Morgan fingerprint density at radius 1 is 0.283 bits per heavy atom. The largest absolute Gasteiger partial charge is 0.302 e. The highest BCUT2D eigenvalue weighted by molar-refractivity contribution is 7.18. The van der Waals surface area contributed by atoms with Gasteiger partial charge in [0.1, 0.15) is 0 Å². The van der Waals surface area contributed by atoms with Crippen molar-refractivity contribution in [2.45, 2.75) is 0 Å². The molecule has 2 nitrogen and oxygen atoms in total. The first kappa shape index (κ1) is 32.9. The second kappa shape index (κ2) is 14.9. The molecule has 5 heteroatoms. The summed E-state index contributed by atoms with van der Waals surface area (Å²) in [6.07, 6.45) is 0. The van der Waals surface area contributed by atoms with E-state index < -0.39 is 0 Å². The van der Waals surface area contributed by atoms with E-state index in [1.54, 1.807) is 22.7 Å². The van der Waals surface area contributed by atoms with Crippen molar-refractivity contribution in [1.82, 2.24) is 0 Å². The zero-order chi connectivity index (χ0) is 35.4. The van der Waals surface area contributed by atoms with Gasteiger partial charge in [0.25, 0.3) is 0 Å². The van der Waals surface area contributed by atoms with Gasteiger partial charge in [0.2, 0.25) is 0 Å². The molecule has 0 fully saturated rings. The van der Waals surface area contributed by atoms with E-state index in [2.05, 4.69) is 215 Å². The van der Waals surface area contributed by atoms with Crippen LogP contribution in [-0.4, -0.2) is 0 Å².